The van der Waals surface area contributed by atoms with Gasteiger partial charge in [-0.25, -0.2) is 9.18 Å². The van der Waals surface area contributed by atoms with Gasteiger partial charge in [-0.3, -0.25) is 10.0 Å². The maximum absolute atomic E-state index is 13.7. The number of carbonyl (C=O) groups is 2. The fraction of sp³-hybridized carbons (Fsp3) is 0. The summed E-state index contributed by atoms with van der Waals surface area (Å²) in [6.07, 6.45) is 2.74. The van der Waals surface area contributed by atoms with Crippen LogP contribution in [0, 0.1) is 11.0 Å². The zero-order chi connectivity index (χ0) is 21.7. The fourth-order valence-electron chi connectivity index (χ4n) is 2.53. The number of hydrogen-bond acceptors (Lipinski definition) is 6. The Balaban J connectivity index is 1.84. The number of esters is 1. The third-order valence-electron chi connectivity index (χ3n) is 4.01. The van der Waals surface area contributed by atoms with E-state index in [0.29, 0.717) is 10.6 Å². The van der Waals surface area contributed by atoms with E-state index in [2.05, 4.69) is 0 Å². The summed E-state index contributed by atoms with van der Waals surface area (Å²) in [5.41, 5.74) is 0.329. The molecule has 0 aliphatic carbocycles. The van der Waals surface area contributed by atoms with Crippen LogP contribution >= 0.6 is 11.6 Å². The van der Waals surface area contributed by atoms with E-state index in [9.17, 15) is 19.2 Å². The van der Waals surface area contributed by atoms with E-state index in [1.165, 1.54) is 30.4 Å². The predicted octanol–water partition coefficient (Wildman–Crippen LogP) is 5.29. The quantitative estimate of drug-likeness (QED) is 0.189. The van der Waals surface area contributed by atoms with E-state index in [1.54, 1.807) is 24.3 Å². The highest BCUT2D eigenvalue weighted by molar-refractivity contribution is 6.30. The molecule has 30 heavy (non-hydrogen) atoms. The number of ether oxygens (including phenoxy) is 1. The van der Waals surface area contributed by atoms with Crippen molar-refractivity contribution in [3.05, 3.63) is 106 Å². The smallest absolute Gasteiger partial charge is 0.343 e. The van der Waals surface area contributed by atoms with Crippen molar-refractivity contribution in [2.45, 2.75) is 0 Å². The lowest BCUT2D eigenvalue weighted by atomic mass is 10.1. The van der Waals surface area contributed by atoms with Gasteiger partial charge in [0.2, 0.25) is 0 Å². The number of anilines is 1. The zero-order valence-corrected chi connectivity index (χ0v) is 16.0. The third-order valence-corrected chi connectivity index (χ3v) is 4.26. The van der Waals surface area contributed by atoms with Crippen LogP contribution in [0.1, 0.15) is 26.3 Å². The van der Waals surface area contributed by atoms with Gasteiger partial charge in [0.15, 0.2) is 5.78 Å². The highest BCUT2D eigenvalue weighted by Gasteiger charge is 2.16. The lowest BCUT2D eigenvalue weighted by molar-refractivity contribution is 0.0733. The van der Waals surface area contributed by atoms with Crippen LogP contribution in [0.4, 0.5) is 10.1 Å². The Bertz CT molecular complexity index is 1110. The van der Waals surface area contributed by atoms with Crippen LogP contribution in [0.15, 0.2) is 72.8 Å². The Morgan fingerprint density at radius 1 is 1.07 bits per heavy atom. The molecule has 1 N–H and O–H groups in total. The average molecular weight is 427 g/mol. The SMILES string of the molecule is O=C(Oc1ccc(F)cc1C(=O)C=Cc1ccc(Cl)cc1)c1cccc(N([O-])O)c1. The molecule has 0 bridgehead atoms. The molecular weight excluding hydrogens is 413 g/mol. The Labute approximate surface area is 175 Å². The normalized spacial score (nSPS) is 10.8. The number of ketones is 1. The number of carbonyl (C=O) groups excluding carboxylic acids is 2. The van der Waals surface area contributed by atoms with Crippen LogP contribution in [-0.4, -0.2) is 17.0 Å². The first-order chi connectivity index (χ1) is 14.3. The first kappa shape index (κ1) is 21.2. The summed E-state index contributed by atoms with van der Waals surface area (Å²) < 4.78 is 18.9. The van der Waals surface area contributed by atoms with Crippen LogP contribution < -0.4 is 9.96 Å². The molecule has 8 heteroatoms. The van der Waals surface area contributed by atoms with Crippen molar-refractivity contribution in [1.82, 2.24) is 0 Å². The molecule has 0 aliphatic rings. The maximum Gasteiger partial charge on any atom is 0.343 e. The largest absolute Gasteiger partial charge is 0.733 e. The van der Waals surface area contributed by atoms with E-state index in [4.69, 9.17) is 21.5 Å². The minimum Gasteiger partial charge on any atom is -0.733 e. The van der Waals surface area contributed by atoms with Gasteiger partial charge in [0.1, 0.15) is 11.6 Å². The summed E-state index contributed by atoms with van der Waals surface area (Å²) in [7, 11) is 0. The number of hydrogen-bond donors (Lipinski definition) is 1. The summed E-state index contributed by atoms with van der Waals surface area (Å²) in [6.45, 7) is 0. The summed E-state index contributed by atoms with van der Waals surface area (Å²) in [5, 5.41) is 20.1. The van der Waals surface area contributed by atoms with Crippen LogP contribution in [0.3, 0.4) is 0 Å². The third kappa shape index (κ3) is 5.30. The molecule has 0 saturated heterocycles. The van der Waals surface area contributed by atoms with Gasteiger partial charge in [0.05, 0.1) is 16.8 Å². The van der Waals surface area contributed by atoms with Crippen LogP contribution in [0.25, 0.3) is 6.08 Å². The van der Waals surface area contributed by atoms with Crippen molar-refractivity contribution in [2.24, 2.45) is 0 Å². The van der Waals surface area contributed by atoms with Crippen molar-refractivity contribution < 1.29 is 23.9 Å². The number of benzene rings is 3. The van der Waals surface area contributed by atoms with Crippen LogP contribution in [0.2, 0.25) is 5.02 Å². The Morgan fingerprint density at radius 3 is 2.50 bits per heavy atom. The van der Waals surface area contributed by atoms with Crippen molar-refractivity contribution in [1.29, 1.82) is 0 Å². The Kier molecular flexibility index (Phi) is 6.58. The van der Waals surface area contributed by atoms with Gasteiger partial charge in [-0.05, 0) is 60.2 Å². The standard InChI is InChI=1S/C22H14ClFNO5/c23-16-7-4-14(5-8-16)6-10-20(26)19-13-17(24)9-11-21(19)30-22(27)15-2-1-3-18(12-15)25(28)29/h1-13,28H/q-1. The van der Waals surface area contributed by atoms with E-state index in [0.717, 1.165) is 24.3 Å². The molecule has 6 nitrogen and oxygen atoms in total. The molecule has 0 unspecified atom stereocenters. The second kappa shape index (κ2) is 9.32. The minimum absolute atomic E-state index is 0.0400. The zero-order valence-electron chi connectivity index (χ0n) is 15.3. The van der Waals surface area contributed by atoms with Gasteiger partial charge < -0.3 is 15.2 Å². The lowest BCUT2D eigenvalue weighted by Gasteiger charge is -2.21. The van der Waals surface area contributed by atoms with E-state index in [1.807, 2.05) is 0 Å². The second-order valence-corrected chi connectivity index (χ2v) is 6.54. The first-order valence-corrected chi connectivity index (χ1v) is 8.97. The molecular formula is C22H14ClFNO5-. The molecule has 3 rings (SSSR count). The molecule has 0 heterocycles. The molecule has 3 aromatic rings. The van der Waals surface area contributed by atoms with Gasteiger partial charge >= 0.3 is 5.97 Å². The summed E-state index contributed by atoms with van der Waals surface area (Å²) in [5.74, 6) is -2.30. The highest BCUT2D eigenvalue weighted by atomic mass is 35.5. The molecule has 0 radical (unpaired) electrons. The second-order valence-electron chi connectivity index (χ2n) is 6.10. The van der Waals surface area contributed by atoms with Crippen LogP contribution in [0.5, 0.6) is 5.75 Å². The van der Waals surface area contributed by atoms with Crippen molar-refractivity contribution in [2.75, 3.05) is 5.23 Å². The number of rotatable bonds is 6. The van der Waals surface area contributed by atoms with E-state index in [-0.39, 0.29) is 22.6 Å². The first-order valence-electron chi connectivity index (χ1n) is 8.59. The fourth-order valence-corrected chi connectivity index (χ4v) is 2.66. The molecule has 0 spiro atoms. The Morgan fingerprint density at radius 2 is 1.80 bits per heavy atom. The highest BCUT2D eigenvalue weighted by Crippen LogP contribution is 2.23. The van der Waals surface area contributed by atoms with Gasteiger partial charge in [-0.2, -0.15) is 0 Å². The topological polar surface area (TPSA) is 89.9 Å². The molecule has 0 atom stereocenters. The molecule has 0 fully saturated rings. The monoisotopic (exact) mass is 426 g/mol. The molecule has 0 aliphatic heterocycles. The number of halogens is 2. The van der Waals surface area contributed by atoms with Gasteiger partial charge in [0, 0.05) is 5.02 Å². The maximum atomic E-state index is 13.7. The number of nitrogens with zero attached hydrogens (tertiary/aromatic N) is 1. The molecule has 0 saturated carbocycles. The van der Waals surface area contributed by atoms with Gasteiger partial charge in [-0.1, -0.05) is 35.9 Å². The average Bonchev–Trinajstić information content (AvgIpc) is 2.74. The van der Waals surface area contributed by atoms with E-state index < -0.39 is 22.8 Å². The predicted molar refractivity (Wildman–Crippen MR) is 110 cm³/mol. The molecule has 3 aromatic carbocycles. The van der Waals surface area contributed by atoms with Gasteiger partial charge in [0.25, 0.3) is 0 Å². The Hall–Kier alpha value is -3.52. The molecule has 152 valence electrons. The molecule has 0 aromatic heterocycles. The van der Waals surface area contributed by atoms with Crippen molar-refractivity contribution in [3.63, 3.8) is 0 Å². The van der Waals surface area contributed by atoms with E-state index >= 15 is 0 Å². The number of allylic oxidation sites excluding steroid dienone is 1. The summed E-state index contributed by atoms with van der Waals surface area (Å²) in [6, 6.07) is 15.0. The summed E-state index contributed by atoms with van der Waals surface area (Å²) in [4.78, 5) is 25.0. The van der Waals surface area contributed by atoms with Gasteiger partial charge in [-0.15, -0.1) is 0 Å². The van der Waals surface area contributed by atoms with Crippen LogP contribution in [-0.2, 0) is 0 Å². The molecule has 0 amide bonds. The van der Waals surface area contributed by atoms with Crippen molar-refractivity contribution >= 4 is 35.1 Å². The van der Waals surface area contributed by atoms with Crippen molar-refractivity contribution in [3.8, 4) is 5.75 Å². The summed E-state index contributed by atoms with van der Waals surface area (Å²) >= 11 is 5.82. The minimum atomic E-state index is -0.888. The lowest BCUT2D eigenvalue weighted by Crippen LogP contribution is -2.13.